The fourth-order valence-corrected chi connectivity index (χ4v) is 1.07. The molecule has 2 nitrogen and oxygen atoms in total. The Balaban J connectivity index is 2.98. The summed E-state index contributed by atoms with van der Waals surface area (Å²) in [6.07, 6.45) is 0. The summed E-state index contributed by atoms with van der Waals surface area (Å²) in [5.74, 6) is 0.463. The molecule has 0 atom stereocenters. The van der Waals surface area contributed by atoms with E-state index in [0.717, 1.165) is 17.1 Å². The number of rotatable bonds is 3. The SMILES string of the molecule is C=C(NC)c1cccc(C(C)C)n1. The third-order valence-electron chi connectivity index (χ3n) is 1.97. The Morgan fingerprint density at radius 2 is 2.15 bits per heavy atom. The topological polar surface area (TPSA) is 24.9 Å². The lowest BCUT2D eigenvalue weighted by molar-refractivity contribution is 0.818. The Morgan fingerprint density at radius 3 is 2.69 bits per heavy atom. The smallest absolute Gasteiger partial charge is 0.0858 e. The monoisotopic (exact) mass is 176 g/mol. The summed E-state index contributed by atoms with van der Waals surface area (Å²) >= 11 is 0. The molecule has 0 radical (unpaired) electrons. The molecule has 0 aliphatic heterocycles. The number of aromatic nitrogens is 1. The van der Waals surface area contributed by atoms with Crippen LogP contribution in [0.3, 0.4) is 0 Å². The van der Waals surface area contributed by atoms with Crippen molar-refractivity contribution in [2.45, 2.75) is 19.8 Å². The quantitative estimate of drug-likeness (QED) is 0.765. The minimum atomic E-state index is 0.463. The third-order valence-corrected chi connectivity index (χ3v) is 1.97. The van der Waals surface area contributed by atoms with Gasteiger partial charge in [-0.2, -0.15) is 0 Å². The average molecular weight is 176 g/mol. The van der Waals surface area contributed by atoms with Crippen molar-refractivity contribution >= 4 is 5.70 Å². The first kappa shape index (κ1) is 9.78. The largest absolute Gasteiger partial charge is 0.387 e. The van der Waals surface area contributed by atoms with Crippen molar-refractivity contribution in [1.29, 1.82) is 0 Å². The van der Waals surface area contributed by atoms with Crippen molar-refractivity contribution in [2.24, 2.45) is 0 Å². The summed E-state index contributed by atoms with van der Waals surface area (Å²) in [5, 5.41) is 2.99. The first-order valence-corrected chi connectivity index (χ1v) is 4.49. The zero-order chi connectivity index (χ0) is 9.84. The van der Waals surface area contributed by atoms with Crippen molar-refractivity contribution in [2.75, 3.05) is 7.05 Å². The van der Waals surface area contributed by atoms with E-state index in [9.17, 15) is 0 Å². The molecular formula is C11H16N2. The summed E-state index contributed by atoms with van der Waals surface area (Å²) in [7, 11) is 1.85. The lowest BCUT2D eigenvalue weighted by Crippen LogP contribution is -2.06. The molecule has 2 heteroatoms. The van der Waals surface area contributed by atoms with Gasteiger partial charge in [0.25, 0.3) is 0 Å². The van der Waals surface area contributed by atoms with E-state index in [1.807, 2.05) is 25.2 Å². The Bertz CT molecular complexity index is 303. The summed E-state index contributed by atoms with van der Waals surface area (Å²) < 4.78 is 0. The van der Waals surface area contributed by atoms with Crippen molar-refractivity contribution in [3.05, 3.63) is 36.2 Å². The Labute approximate surface area is 79.7 Å². The molecule has 1 aromatic rings. The maximum absolute atomic E-state index is 4.48. The standard InChI is InChI=1S/C11H16N2/c1-8(2)10-6-5-7-11(13-10)9(3)12-4/h5-8,12H,3H2,1-2,4H3. The van der Waals surface area contributed by atoms with Crippen LogP contribution < -0.4 is 5.32 Å². The zero-order valence-corrected chi connectivity index (χ0v) is 8.46. The van der Waals surface area contributed by atoms with E-state index in [-0.39, 0.29) is 0 Å². The van der Waals surface area contributed by atoms with Crippen LogP contribution in [0, 0.1) is 0 Å². The van der Waals surface area contributed by atoms with Gasteiger partial charge in [-0.25, -0.2) is 0 Å². The highest BCUT2D eigenvalue weighted by Gasteiger charge is 2.02. The van der Waals surface area contributed by atoms with Crippen LogP contribution in [-0.2, 0) is 0 Å². The number of pyridine rings is 1. The molecule has 13 heavy (non-hydrogen) atoms. The molecule has 0 fully saturated rings. The summed E-state index contributed by atoms with van der Waals surface area (Å²) in [6, 6.07) is 6.02. The van der Waals surface area contributed by atoms with Gasteiger partial charge in [0.15, 0.2) is 0 Å². The fraction of sp³-hybridized carbons (Fsp3) is 0.364. The zero-order valence-electron chi connectivity index (χ0n) is 8.46. The number of hydrogen-bond donors (Lipinski definition) is 1. The van der Waals surface area contributed by atoms with Crippen molar-refractivity contribution < 1.29 is 0 Å². The molecule has 1 heterocycles. The van der Waals surface area contributed by atoms with Crippen LogP contribution in [0.1, 0.15) is 31.2 Å². The molecule has 0 aliphatic rings. The molecule has 0 bridgehead atoms. The second-order valence-corrected chi connectivity index (χ2v) is 3.33. The lowest BCUT2D eigenvalue weighted by Gasteiger charge is -2.08. The second-order valence-electron chi connectivity index (χ2n) is 3.33. The van der Waals surface area contributed by atoms with Gasteiger partial charge in [0.2, 0.25) is 0 Å². The van der Waals surface area contributed by atoms with E-state index in [2.05, 4.69) is 30.7 Å². The van der Waals surface area contributed by atoms with Crippen LogP contribution in [0.4, 0.5) is 0 Å². The molecule has 1 rings (SSSR count). The van der Waals surface area contributed by atoms with E-state index >= 15 is 0 Å². The molecule has 0 aliphatic carbocycles. The molecule has 70 valence electrons. The summed E-state index contributed by atoms with van der Waals surface area (Å²) in [4.78, 5) is 4.48. The van der Waals surface area contributed by atoms with Crippen molar-refractivity contribution in [3.63, 3.8) is 0 Å². The number of hydrogen-bond acceptors (Lipinski definition) is 2. The summed E-state index contributed by atoms with van der Waals surface area (Å²) in [5.41, 5.74) is 2.89. The molecule has 0 saturated heterocycles. The predicted molar refractivity (Wildman–Crippen MR) is 56.4 cm³/mol. The van der Waals surface area contributed by atoms with E-state index in [1.54, 1.807) is 0 Å². The van der Waals surface area contributed by atoms with Gasteiger partial charge < -0.3 is 5.32 Å². The van der Waals surface area contributed by atoms with Crippen LogP contribution >= 0.6 is 0 Å². The maximum Gasteiger partial charge on any atom is 0.0858 e. The van der Waals surface area contributed by atoms with E-state index < -0.39 is 0 Å². The van der Waals surface area contributed by atoms with Gasteiger partial charge in [0, 0.05) is 12.7 Å². The van der Waals surface area contributed by atoms with Crippen molar-refractivity contribution in [3.8, 4) is 0 Å². The second kappa shape index (κ2) is 4.08. The highest BCUT2D eigenvalue weighted by molar-refractivity contribution is 5.57. The van der Waals surface area contributed by atoms with Gasteiger partial charge in [0.1, 0.15) is 0 Å². The molecule has 0 spiro atoms. The number of nitrogens with zero attached hydrogens (tertiary/aromatic N) is 1. The van der Waals surface area contributed by atoms with Crippen molar-refractivity contribution in [1.82, 2.24) is 10.3 Å². The Hall–Kier alpha value is -1.31. The molecular weight excluding hydrogens is 160 g/mol. The fourth-order valence-electron chi connectivity index (χ4n) is 1.07. The molecule has 1 N–H and O–H groups in total. The van der Waals surface area contributed by atoms with Crippen LogP contribution in [-0.4, -0.2) is 12.0 Å². The lowest BCUT2D eigenvalue weighted by atomic mass is 10.1. The minimum absolute atomic E-state index is 0.463. The first-order chi connectivity index (χ1) is 6.15. The predicted octanol–water partition coefficient (Wildman–Crippen LogP) is 2.40. The Morgan fingerprint density at radius 1 is 1.46 bits per heavy atom. The van der Waals surface area contributed by atoms with E-state index in [0.29, 0.717) is 5.92 Å². The molecule has 0 saturated carbocycles. The van der Waals surface area contributed by atoms with Crippen LogP contribution in [0.25, 0.3) is 5.70 Å². The van der Waals surface area contributed by atoms with Crippen LogP contribution in [0.15, 0.2) is 24.8 Å². The number of nitrogens with one attached hydrogen (secondary N) is 1. The molecule has 0 aromatic carbocycles. The average Bonchev–Trinajstić information content (AvgIpc) is 2.17. The van der Waals surface area contributed by atoms with Crippen LogP contribution in [0.2, 0.25) is 0 Å². The molecule has 1 aromatic heterocycles. The van der Waals surface area contributed by atoms with Gasteiger partial charge >= 0.3 is 0 Å². The maximum atomic E-state index is 4.48. The van der Waals surface area contributed by atoms with Gasteiger partial charge in [-0.15, -0.1) is 0 Å². The molecule has 0 amide bonds. The van der Waals surface area contributed by atoms with Crippen LogP contribution in [0.5, 0.6) is 0 Å². The van der Waals surface area contributed by atoms with Gasteiger partial charge in [-0.05, 0) is 18.1 Å². The normalized spacial score (nSPS) is 10.2. The highest BCUT2D eigenvalue weighted by Crippen LogP contribution is 2.13. The van der Waals surface area contributed by atoms with Gasteiger partial charge in [0.05, 0.1) is 11.4 Å². The minimum Gasteiger partial charge on any atom is -0.387 e. The summed E-state index contributed by atoms with van der Waals surface area (Å²) in [6.45, 7) is 8.14. The van der Waals surface area contributed by atoms with Gasteiger partial charge in [-0.1, -0.05) is 26.5 Å². The first-order valence-electron chi connectivity index (χ1n) is 4.49. The Kier molecular flexibility index (Phi) is 3.07. The molecule has 0 unspecified atom stereocenters. The highest BCUT2D eigenvalue weighted by atomic mass is 14.9. The van der Waals surface area contributed by atoms with E-state index in [1.165, 1.54) is 0 Å². The van der Waals surface area contributed by atoms with E-state index in [4.69, 9.17) is 0 Å². The van der Waals surface area contributed by atoms with Gasteiger partial charge in [-0.3, -0.25) is 4.98 Å². The third kappa shape index (κ3) is 2.31.